The van der Waals surface area contributed by atoms with E-state index < -0.39 is 0 Å². The van der Waals surface area contributed by atoms with Gasteiger partial charge in [-0.3, -0.25) is 4.98 Å². The van der Waals surface area contributed by atoms with Crippen LogP contribution in [0.4, 0.5) is 5.82 Å². The second-order valence-electron chi connectivity index (χ2n) is 4.03. The summed E-state index contributed by atoms with van der Waals surface area (Å²) in [5.41, 5.74) is 1.85. The van der Waals surface area contributed by atoms with Crippen molar-refractivity contribution in [3.8, 4) is 17.0 Å². The Morgan fingerprint density at radius 1 is 1.26 bits per heavy atom. The standard InChI is InChI=1S/C14H16BrN3O/c1-3-6-17-14-13(16-7-8-18-14)10-4-5-12(19-2)11(15)9-10/h4-5,7-9H,3,6H2,1-2H3,(H,17,18). The van der Waals surface area contributed by atoms with E-state index in [0.717, 1.165) is 40.3 Å². The average Bonchev–Trinajstić information content (AvgIpc) is 2.45. The summed E-state index contributed by atoms with van der Waals surface area (Å²) < 4.78 is 6.13. The van der Waals surface area contributed by atoms with E-state index in [2.05, 4.69) is 38.1 Å². The van der Waals surface area contributed by atoms with Gasteiger partial charge in [0.2, 0.25) is 0 Å². The predicted octanol–water partition coefficient (Wildman–Crippen LogP) is 3.74. The highest BCUT2D eigenvalue weighted by Gasteiger charge is 2.09. The fourth-order valence-corrected chi connectivity index (χ4v) is 2.28. The summed E-state index contributed by atoms with van der Waals surface area (Å²) in [5, 5.41) is 3.29. The first-order valence-corrected chi connectivity index (χ1v) is 6.94. The Hall–Kier alpha value is -1.62. The van der Waals surface area contributed by atoms with Gasteiger partial charge >= 0.3 is 0 Å². The molecule has 1 aromatic carbocycles. The Morgan fingerprint density at radius 3 is 2.74 bits per heavy atom. The smallest absolute Gasteiger partial charge is 0.152 e. The van der Waals surface area contributed by atoms with Crippen LogP contribution in [0.2, 0.25) is 0 Å². The van der Waals surface area contributed by atoms with Gasteiger partial charge in [-0.1, -0.05) is 6.92 Å². The molecule has 0 unspecified atom stereocenters. The lowest BCUT2D eigenvalue weighted by Crippen LogP contribution is -2.04. The third kappa shape index (κ3) is 3.23. The summed E-state index contributed by atoms with van der Waals surface area (Å²) in [5.74, 6) is 1.61. The quantitative estimate of drug-likeness (QED) is 0.911. The number of aromatic nitrogens is 2. The maximum Gasteiger partial charge on any atom is 0.152 e. The van der Waals surface area contributed by atoms with Gasteiger partial charge in [0.15, 0.2) is 5.82 Å². The molecule has 1 N–H and O–H groups in total. The maximum absolute atomic E-state index is 5.23. The van der Waals surface area contributed by atoms with E-state index in [0.29, 0.717) is 0 Å². The van der Waals surface area contributed by atoms with Crippen LogP contribution in [0, 0.1) is 0 Å². The Labute approximate surface area is 121 Å². The number of halogens is 1. The van der Waals surface area contributed by atoms with Crippen LogP contribution in [-0.2, 0) is 0 Å². The van der Waals surface area contributed by atoms with E-state index in [4.69, 9.17) is 4.74 Å². The zero-order valence-electron chi connectivity index (χ0n) is 11.0. The first kappa shape index (κ1) is 13.8. The third-order valence-corrected chi connectivity index (χ3v) is 3.29. The fraction of sp³-hybridized carbons (Fsp3) is 0.286. The van der Waals surface area contributed by atoms with Crippen LogP contribution in [-0.4, -0.2) is 23.6 Å². The van der Waals surface area contributed by atoms with Crippen molar-refractivity contribution in [2.24, 2.45) is 0 Å². The lowest BCUT2D eigenvalue weighted by molar-refractivity contribution is 0.412. The molecular formula is C14H16BrN3O. The Bertz CT molecular complexity index is 560. The zero-order valence-corrected chi connectivity index (χ0v) is 12.6. The van der Waals surface area contributed by atoms with E-state index in [9.17, 15) is 0 Å². The van der Waals surface area contributed by atoms with Gasteiger partial charge in [-0.05, 0) is 40.5 Å². The summed E-state index contributed by atoms with van der Waals surface area (Å²) in [7, 11) is 1.65. The molecule has 5 heteroatoms. The molecule has 0 saturated carbocycles. The highest BCUT2D eigenvalue weighted by Crippen LogP contribution is 2.31. The van der Waals surface area contributed by atoms with Crippen molar-refractivity contribution in [3.05, 3.63) is 35.1 Å². The Kier molecular flexibility index (Phi) is 4.74. The van der Waals surface area contributed by atoms with Crippen LogP contribution in [0.5, 0.6) is 5.75 Å². The minimum Gasteiger partial charge on any atom is -0.496 e. The Balaban J connectivity index is 2.38. The van der Waals surface area contributed by atoms with Crippen molar-refractivity contribution >= 4 is 21.7 Å². The van der Waals surface area contributed by atoms with Crippen LogP contribution < -0.4 is 10.1 Å². The van der Waals surface area contributed by atoms with Crippen molar-refractivity contribution in [3.63, 3.8) is 0 Å². The van der Waals surface area contributed by atoms with E-state index in [-0.39, 0.29) is 0 Å². The molecule has 0 atom stereocenters. The summed E-state index contributed by atoms with van der Waals surface area (Å²) >= 11 is 3.49. The fourth-order valence-electron chi connectivity index (χ4n) is 1.74. The summed E-state index contributed by atoms with van der Waals surface area (Å²) in [6.45, 7) is 3.00. The molecule has 0 aliphatic rings. The number of rotatable bonds is 5. The number of hydrogen-bond acceptors (Lipinski definition) is 4. The van der Waals surface area contributed by atoms with Crippen LogP contribution in [0.25, 0.3) is 11.3 Å². The van der Waals surface area contributed by atoms with E-state index in [1.807, 2.05) is 18.2 Å². The summed E-state index contributed by atoms with van der Waals surface area (Å²) in [4.78, 5) is 8.76. The number of nitrogens with zero attached hydrogens (tertiary/aromatic N) is 2. The third-order valence-electron chi connectivity index (χ3n) is 2.67. The minimum absolute atomic E-state index is 0.802. The molecule has 1 heterocycles. The number of hydrogen-bond donors (Lipinski definition) is 1. The largest absolute Gasteiger partial charge is 0.496 e. The highest BCUT2D eigenvalue weighted by atomic mass is 79.9. The van der Waals surface area contributed by atoms with E-state index >= 15 is 0 Å². The molecule has 0 aliphatic heterocycles. The number of anilines is 1. The molecule has 4 nitrogen and oxygen atoms in total. The van der Waals surface area contributed by atoms with E-state index in [1.165, 1.54) is 0 Å². The second kappa shape index (κ2) is 6.52. The Morgan fingerprint density at radius 2 is 2.05 bits per heavy atom. The normalized spacial score (nSPS) is 10.3. The number of nitrogens with one attached hydrogen (secondary N) is 1. The highest BCUT2D eigenvalue weighted by molar-refractivity contribution is 9.10. The molecule has 0 radical (unpaired) electrons. The second-order valence-corrected chi connectivity index (χ2v) is 4.88. The zero-order chi connectivity index (χ0) is 13.7. The van der Waals surface area contributed by atoms with Crippen LogP contribution in [0.15, 0.2) is 35.1 Å². The molecule has 0 amide bonds. The molecule has 0 aliphatic carbocycles. The van der Waals surface area contributed by atoms with Crippen LogP contribution in [0.1, 0.15) is 13.3 Å². The molecule has 0 saturated heterocycles. The van der Waals surface area contributed by atoms with Gasteiger partial charge in [-0.2, -0.15) is 0 Å². The number of methoxy groups -OCH3 is 1. The predicted molar refractivity (Wildman–Crippen MR) is 80.5 cm³/mol. The van der Waals surface area contributed by atoms with Crippen LogP contribution >= 0.6 is 15.9 Å². The lowest BCUT2D eigenvalue weighted by Gasteiger charge is -2.10. The first-order chi connectivity index (χ1) is 9.26. The van der Waals surface area contributed by atoms with E-state index in [1.54, 1.807) is 19.5 Å². The minimum atomic E-state index is 0.802. The van der Waals surface area contributed by atoms with Crippen molar-refractivity contribution in [2.45, 2.75) is 13.3 Å². The van der Waals surface area contributed by atoms with Crippen LogP contribution in [0.3, 0.4) is 0 Å². The molecule has 0 bridgehead atoms. The average molecular weight is 322 g/mol. The van der Waals surface area contributed by atoms with Gasteiger partial charge in [0, 0.05) is 24.5 Å². The molecule has 0 fully saturated rings. The number of benzene rings is 1. The molecule has 2 rings (SSSR count). The summed E-state index contributed by atoms with van der Waals surface area (Å²) in [6, 6.07) is 5.88. The molecule has 100 valence electrons. The monoisotopic (exact) mass is 321 g/mol. The van der Waals surface area contributed by atoms with Crippen molar-refractivity contribution < 1.29 is 4.74 Å². The molecule has 19 heavy (non-hydrogen) atoms. The molecular weight excluding hydrogens is 306 g/mol. The van der Waals surface area contributed by atoms with Gasteiger partial charge in [0.1, 0.15) is 11.4 Å². The number of ether oxygens (including phenoxy) is 1. The van der Waals surface area contributed by atoms with Gasteiger partial charge in [-0.15, -0.1) is 0 Å². The van der Waals surface area contributed by atoms with Gasteiger partial charge < -0.3 is 10.1 Å². The van der Waals surface area contributed by atoms with Gasteiger partial charge in [0.05, 0.1) is 11.6 Å². The lowest BCUT2D eigenvalue weighted by atomic mass is 10.1. The first-order valence-electron chi connectivity index (χ1n) is 6.15. The van der Waals surface area contributed by atoms with Crippen molar-refractivity contribution in [1.29, 1.82) is 0 Å². The molecule has 1 aromatic heterocycles. The SMILES string of the molecule is CCCNc1nccnc1-c1ccc(OC)c(Br)c1. The van der Waals surface area contributed by atoms with Crippen molar-refractivity contribution in [1.82, 2.24) is 9.97 Å². The summed E-state index contributed by atoms with van der Waals surface area (Å²) in [6.07, 6.45) is 4.44. The van der Waals surface area contributed by atoms with Crippen molar-refractivity contribution in [2.75, 3.05) is 19.0 Å². The molecule has 2 aromatic rings. The topological polar surface area (TPSA) is 47.0 Å². The maximum atomic E-state index is 5.23. The molecule has 0 spiro atoms. The van der Waals surface area contributed by atoms with Gasteiger partial charge in [0.25, 0.3) is 0 Å². The van der Waals surface area contributed by atoms with Gasteiger partial charge in [-0.25, -0.2) is 4.98 Å².